The molecule has 2 aromatic carbocycles. The van der Waals surface area contributed by atoms with Crippen LogP contribution in [0.2, 0.25) is 0 Å². The number of imide groups is 1. The monoisotopic (exact) mass is 419 g/mol. The van der Waals surface area contributed by atoms with Crippen LogP contribution in [0.25, 0.3) is 0 Å². The number of amides is 4. The van der Waals surface area contributed by atoms with Gasteiger partial charge in [0.15, 0.2) is 0 Å². The lowest BCUT2D eigenvalue weighted by molar-refractivity contribution is -0.131. The number of hydrogen-bond donors (Lipinski definition) is 1. The zero-order valence-corrected chi connectivity index (χ0v) is 18.6. The van der Waals surface area contributed by atoms with Gasteiger partial charge in [0.2, 0.25) is 0 Å². The SMILES string of the molecule is Cc1ccc(CN2C(=O)N[C@]3(CCN(C(=O)c4ccc(C(C)(C)C)cc4)C3)C2=O)cc1. The van der Waals surface area contributed by atoms with Crippen molar-refractivity contribution in [1.29, 1.82) is 0 Å². The largest absolute Gasteiger partial charge is 0.336 e. The Balaban J connectivity index is 1.47. The first kappa shape index (κ1) is 21.1. The summed E-state index contributed by atoms with van der Waals surface area (Å²) in [5, 5.41) is 2.87. The lowest BCUT2D eigenvalue weighted by Crippen LogP contribution is -2.49. The van der Waals surface area contributed by atoms with Gasteiger partial charge in [-0.05, 0) is 42.0 Å². The van der Waals surface area contributed by atoms with Gasteiger partial charge < -0.3 is 10.2 Å². The highest BCUT2D eigenvalue weighted by Crippen LogP contribution is 2.31. The van der Waals surface area contributed by atoms with Gasteiger partial charge >= 0.3 is 6.03 Å². The Kier molecular flexibility index (Phi) is 5.12. The Morgan fingerprint density at radius 1 is 1.03 bits per heavy atom. The van der Waals surface area contributed by atoms with E-state index in [9.17, 15) is 14.4 Å². The van der Waals surface area contributed by atoms with Gasteiger partial charge in [0, 0.05) is 12.1 Å². The maximum atomic E-state index is 13.2. The second-order valence-corrected chi connectivity index (χ2v) is 9.69. The van der Waals surface area contributed by atoms with E-state index in [1.165, 1.54) is 4.90 Å². The third-order valence-corrected chi connectivity index (χ3v) is 6.26. The van der Waals surface area contributed by atoms with E-state index < -0.39 is 11.6 Å². The summed E-state index contributed by atoms with van der Waals surface area (Å²) >= 11 is 0. The van der Waals surface area contributed by atoms with Crippen LogP contribution in [0.15, 0.2) is 48.5 Å². The summed E-state index contributed by atoms with van der Waals surface area (Å²) in [5.74, 6) is -0.368. The van der Waals surface area contributed by atoms with Crippen molar-refractivity contribution in [2.24, 2.45) is 0 Å². The van der Waals surface area contributed by atoms with Crippen LogP contribution in [0.4, 0.5) is 4.79 Å². The normalized spacial score (nSPS) is 21.2. The molecule has 4 rings (SSSR count). The Morgan fingerprint density at radius 3 is 2.29 bits per heavy atom. The van der Waals surface area contributed by atoms with Crippen LogP contribution < -0.4 is 5.32 Å². The fourth-order valence-electron chi connectivity index (χ4n) is 4.25. The fraction of sp³-hybridized carbons (Fsp3) is 0.400. The van der Waals surface area contributed by atoms with Crippen molar-refractivity contribution >= 4 is 17.8 Å². The van der Waals surface area contributed by atoms with Crippen molar-refractivity contribution in [3.05, 3.63) is 70.8 Å². The van der Waals surface area contributed by atoms with Crippen molar-refractivity contribution in [2.75, 3.05) is 13.1 Å². The van der Waals surface area contributed by atoms with Crippen LogP contribution in [0.5, 0.6) is 0 Å². The number of nitrogens with one attached hydrogen (secondary N) is 1. The lowest BCUT2D eigenvalue weighted by Gasteiger charge is -2.23. The van der Waals surface area contributed by atoms with E-state index in [-0.39, 0.29) is 30.3 Å². The zero-order valence-electron chi connectivity index (χ0n) is 18.6. The molecular weight excluding hydrogens is 390 g/mol. The van der Waals surface area contributed by atoms with Crippen molar-refractivity contribution in [1.82, 2.24) is 15.1 Å². The molecule has 0 unspecified atom stereocenters. The summed E-state index contributed by atoms with van der Waals surface area (Å²) in [6.45, 7) is 9.24. The van der Waals surface area contributed by atoms with Crippen molar-refractivity contribution in [2.45, 2.75) is 51.6 Å². The highest BCUT2D eigenvalue weighted by atomic mass is 16.2. The highest BCUT2D eigenvalue weighted by molar-refractivity contribution is 6.08. The molecule has 162 valence electrons. The summed E-state index contributed by atoms with van der Waals surface area (Å²) in [7, 11) is 0. The molecule has 0 bridgehead atoms. The van der Waals surface area contributed by atoms with Gasteiger partial charge in [-0.1, -0.05) is 62.7 Å². The Labute approximate surface area is 183 Å². The summed E-state index contributed by atoms with van der Waals surface area (Å²) < 4.78 is 0. The summed E-state index contributed by atoms with van der Waals surface area (Å²) in [6.07, 6.45) is 0.424. The maximum Gasteiger partial charge on any atom is 0.325 e. The number of rotatable bonds is 3. The molecule has 2 aliphatic rings. The molecule has 0 radical (unpaired) electrons. The summed E-state index contributed by atoms with van der Waals surface area (Å²) in [6, 6.07) is 15.0. The molecule has 0 saturated carbocycles. The summed E-state index contributed by atoms with van der Waals surface area (Å²) in [5.41, 5.74) is 2.77. The van der Waals surface area contributed by atoms with Gasteiger partial charge in [0.25, 0.3) is 11.8 Å². The molecule has 1 spiro atoms. The molecule has 6 heteroatoms. The number of nitrogens with zero attached hydrogens (tertiary/aromatic N) is 2. The quantitative estimate of drug-likeness (QED) is 0.773. The van der Waals surface area contributed by atoms with Crippen LogP contribution in [-0.2, 0) is 16.8 Å². The van der Waals surface area contributed by atoms with E-state index in [2.05, 4.69) is 26.1 Å². The Hall–Kier alpha value is -3.15. The number of benzene rings is 2. The Bertz CT molecular complexity index is 1020. The third-order valence-electron chi connectivity index (χ3n) is 6.26. The van der Waals surface area contributed by atoms with Gasteiger partial charge in [-0.15, -0.1) is 0 Å². The molecule has 0 aromatic heterocycles. The highest BCUT2D eigenvalue weighted by Gasteiger charge is 2.55. The van der Waals surface area contributed by atoms with Crippen LogP contribution >= 0.6 is 0 Å². The first-order chi connectivity index (χ1) is 14.6. The lowest BCUT2D eigenvalue weighted by atomic mass is 9.86. The second-order valence-electron chi connectivity index (χ2n) is 9.69. The average Bonchev–Trinajstić information content (AvgIpc) is 3.25. The van der Waals surface area contributed by atoms with Gasteiger partial charge in [0.05, 0.1) is 13.1 Å². The number of carbonyl (C=O) groups is 3. The third kappa shape index (κ3) is 3.94. The standard InChI is InChI=1S/C25H29N3O3/c1-17-5-7-18(8-6-17)15-28-22(30)25(26-23(28)31)13-14-27(16-25)21(29)19-9-11-20(12-10-19)24(2,3)4/h5-12H,13-16H2,1-4H3,(H,26,31)/t25-/m0/s1. The molecule has 2 saturated heterocycles. The number of aryl methyl sites for hydroxylation is 1. The molecule has 2 fully saturated rings. The van der Waals surface area contributed by atoms with E-state index in [4.69, 9.17) is 0 Å². The second kappa shape index (κ2) is 7.52. The number of hydrogen-bond acceptors (Lipinski definition) is 3. The van der Waals surface area contributed by atoms with Crippen LogP contribution in [0.3, 0.4) is 0 Å². The summed E-state index contributed by atoms with van der Waals surface area (Å²) in [4.78, 5) is 41.7. The van der Waals surface area contributed by atoms with E-state index in [0.717, 1.165) is 16.7 Å². The number of carbonyl (C=O) groups excluding carboxylic acids is 3. The molecule has 2 aromatic rings. The topological polar surface area (TPSA) is 69.7 Å². The van der Waals surface area contributed by atoms with Gasteiger partial charge in [-0.25, -0.2) is 4.79 Å². The fourth-order valence-corrected chi connectivity index (χ4v) is 4.25. The Morgan fingerprint density at radius 2 is 1.68 bits per heavy atom. The minimum absolute atomic E-state index is 0.0146. The van der Waals surface area contributed by atoms with Gasteiger partial charge in [-0.2, -0.15) is 0 Å². The molecule has 31 heavy (non-hydrogen) atoms. The minimum Gasteiger partial charge on any atom is -0.336 e. The first-order valence-electron chi connectivity index (χ1n) is 10.7. The minimum atomic E-state index is -1.03. The number of urea groups is 1. The molecule has 2 heterocycles. The predicted octanol–water partition coefficient (Wildman–Crippen LogP) is 3.63. The zero-order chi connectivity index (χ0) is 22.4. The maximum absolute atomic E-state index is 13.2. The van der Waals surface area contributed by atoms with Gasteiger partial charge in [0.1, 0.15) is 5.54 Å². The predicted molar refractivity (Wildman–Crippen MR) is 119 cm³/mol. The molecule has 2 aliphatic heterocycles. The smallest absolute Gasteiger partial charge is 0.325 e. The van der Waals surface area contributed by atoms with Crippen LogP contribution in [-0.4, -0.2) is 46.3 Å². The van der Waals surface area contributed by atoms with E-state index in [1.54, 1.807) is 4.90 Å². The molecule has 1 N–H and O–H groups in total. The van der Waals surface area contributed by atoms with E-state index >= 15 is 0 Å². The number of likely N-dealkylation sites (tertiary alicyclic amines) is 1. The molecule has 6 nitrogen and oxygen atoms in total. The first-order valence-corrected chi connectivity index (χ1v) is 10.7. The van der Waals surface area contributed by atoms with Crippen LogP contribution in [0.1, 0.15) is 54.2 Å². The van der Waals surface area contributed by atoms with Crippen molar-refractivity contribution in [3.8, 4) is 0 Å². The molecular formula is C25H29N3O3. The van der Waals surface area contributed by atoms with Crippen molar-refractivity contribution in [3.63, 3.8) is 0 Å². The van der Waals surface area contributed by atoms with Crippen molar-refractivity contribution < 1.29 is 14.4 Å². The van der Waals surface area contributed by atoms with Gasteiger partial charge in [-0.3, -0.25) is 14.5 Å². The van der Waals surface area contributed by atoms with E-state index in [1.807, 2.05) is 55.5 Å². The average molecular weight is 420 g/mol. The molecule has 0 aliphatic carbocycles. The molecule has 1 atom stereocenters. The van der Waals surface area contributed by atoms with E-state index in [0.29, 0.717) is 18.5 Å². The molecule has 4 amide bonds. The van der Waals surface area contributed by atoms with Crippen LogP contribution in [0, 0.1) is 6.92 Å².